The molecule has 0 aliphatic heterocycles. The fraction of sp³-hybridized carbons (Fsp3) is 0.600. The van der Waals surface area contributed by atoms with Gasteiger partial charge in [-0.1, -0.05) is 25.7 Å². The van der Waals surface area contributed by atoms with E-state index < -0.39 is 0 Å². The Morgan fingerprint density at radius 1 is 0.652 bits per heavy atom. The summed E-state index contributed by atoms with van der Waals surface area (Å²) >= 11 is 0. The van der Waals surface area contributed by atoms with Gasteiger partial charge in [0.1, 0.15) is 0 Å². The first-order valence-electron chi connectivity index (χ1n) is 8.48. The molecule has 2 saturated carbocycles. The van der Waals surface area contributed by atoms with Gasteiger partial charge in [-0.3, -0.25) is 12.2 Å². The second-order valence-electron chi connectivity index (χ2n) is 6.44. The molecule has 0 heterocycles. The zero-order chi connectivity index (χ0) is 13.6. The molecule has 0 atom stereocenters. The van der Waals surface area contributed by atoms with Crippen molar-refractivity contribution < 1.29 is 35.6 Å². The molecule has 0 spiro atoms. The molecule has 0 aromatic rings. The molecule has 0 aromatic carbocycles. The van der Waals surface area contributed by atoms with Crippen LogP contribution in [0.4, 0.5) is 0 Å². The second kappa shape index (κ2) is 12.1. The van der Waals surface area contributed by atoms with Crippen LogP contribution in [0.1, 0.15) is 64.2 Å². The molecule has 4 aliphatic carbocycles. The smallest absolute Gasteiger partial charge is 1.00 e. The maximum Gasteiger partial charge on any atom is 4.00 e. The van der Waals surface area contributed by atoms with Crippen LogP contribution >= 0.6 is 0 Å². The van der Waals surface area contributed by atoms with Crippen molar-refractivity contribution in [1.29, 1.82) is 0 Å². The first kappa shape index (κ1) is 22.7. The molecular weight excluding hydrogens is 369 g/mol. The van der Waals surface area contributed by atoms with Crippen LogP contribution in [0.5, 0.6) is 0 Å². The molecular formula is C20H26F2Zr. The molecule has 0 amide bonds. The van der Waals surface area contributed by atoms with Crippen LogP contribution in [0.15, 0.2) is 35.5 Å². The summed E-state index contributed by atoms with van der Waals surface area (Å²) in [6.45, 7) is 0. The van der Waals surface area contributed by atoms with E-state index in [1.807, 2.05) is 0 Å². The predicted octanol–water partition coefficient (Wildman–Crippen LogP) is -0.262. The standard InChI is InChI=1S/2C10H13.2FH.Zr/c2*1-2-6-9(5-1)10-7-3-4-8-10;;;/h2*1,5,10H,2-4,7-8H2;2*1H;/q2*-1;;;+4/p-2. The van der Waals surface area contributed by atoms with Gasteiger partial charge in [-0.05, 0) is 37.5 Å². The van der Waals surface area contributed by atoms with Crippen molar-refractivity contribution in [2.24, 2.45) is 11.8 Å². The van der Waals surface area contributed by atoms with E-state index in [0.29, 0.717) is 0 Å². The molecule has 124 valence electrons. The van der Waals surface area contributed by atoms with E-state index in [-0.39, 0.29) is 35.6 Å². The first-order chi connectivity index (χ1) is 9.93. The van der Waals surface area contributed by atoms with Crippen molar-refractivity contribution >= 4 is 0 Å². The van der Waals surface area contributed by atoms with Crippen molar-refractivity contribution in [3.8, 4) is 0 Å². The van der Waals surface area contributed by atoms with E-state index in [0.717, 1.165) is 24.7 Å². The second-order valence-corrected chi connectivity index (χ2v) is 6.44. The van der Waals surface area contributed by atoms with E-state index in [2.05, 4.69) is 36.5 Å². The third-order valence-corrected chi connectivity index (χ3v) is 5.03. The summed E-state index contributed by atoms with van der Waals surface area (Å²) < 4.78 is 0. The van der Waals surface area contributed by atoms with Gasteiger partial charge in [-0.25, -0.2) is 23.3 Å². The van der Waals surface area contributed by atoms with Gasteiger partial charge in [-0.15, -0.1) is 12.8 Å². The van der Waals surface area contributed by atoms with Crippen molar-refractivity contribution in [1.82, 2.24) is 0 Å². The fourth-order valence-corrected chi connectivity index (χ4v) is 3.88. The summed E-state index contributed by atoms with van der Waals surface area (Å²) in [6, 6.07) is 0. The van der Waals surface area contributed by atoms with E-state index in [1.165, 1.54) is 62.5 Å². The Morgan fingerprint density at radius 2 is 1.00 bits per heavy atom. The molecule has 0 aromatic heterocycles. The predicted molar refractivity (Wildman–Crippen MR) is 84.9 cm³/mol. The third-order valence-electron chi connectivity index (χ3n) is 5.03. The van der Waals surface area contributed by atoms with Crippen LogP contribution in [-0.4, -0.2) is 0 Å². The molecule has 0 nitrogen and oxygen atoms in total. The minimum absolute atomic E-state index is 0. The third kappa shape index (κ3) is 6.61. The number of rotatable bonds is 2. The van der Waals surface area contributed by atoms with Gasteiger partial charge in [-0.2, -0.15) is 12.2 Å². The summed E-state index contributed by atoms with van der Waals surface area (Å²) in [5.41, 5.74) is 3.00. The van der Waals surface area contributed by atoms with E-state index in [9.17, 15) is 0 Å². The topological polar surface area (TPSA) is 0 Å². The molecule has 0 radical (unpaired) electrons. The SMILES string of the molecule is [C-]1=C(C2CCCC2)C=CC1.[C-]1=C(C2CCCC2)C=CC1.[F-].[F-].[Zr+4]. The normalized spacial score (nSPS) is 22.4. The fourth-order valence-electron chi connectivity index (χ4n) is 3.88. The molecule has 0 saturated heterocycles. The van der Waals surface area contributed by atoms with Gasteiger partial charge >= 0.3 is 26.2 Å². The van der Waals surface area contributed by atoms with Crippen LogP contribution in [0, 0.1) is 24.0 Å². The summed E-state index contributed by atoms with van der Waals surface area (Å²) in [5, 5.41) is 0. The summed E-state index contributed by atoms with van der Waals surface area (Å²) in [6.07, 6.45) is 29.3. The van der Waals surface area contributed by atoms with Gasteiger partial charge in [0, 0.05) is 0 Å². The van der Waals surface area contributed by atoms with Crippen molar-refractivity contribution in [2.75, 3.05) is 0 Å². The minimum Gasteiger partial charge on any atom is -1.00 e. The number of allylic oxidation sites excluding steroid dienone is 8. The maximum absolute atomic E-state index is 3.40. The zero-order valence-corrected chi connectivity index (χ0v) is 16.2. The van der Waals surface area contributed by atoms with Gasteiger partial charge in [0.2, 0.25) is 0 Å². The van der Waals surface area contributed by atoms with Gasteiger partial charge < -0.3 is 9.41 Å². The van der Waals surface area contributed by atoms with Crippen molar-refractivity contribution in [3.05, 3.63) is 47.6 Å². The van der Waals surface area contributed by atoms with E-state index in [4.69, 9.17) is 0 Å². The molecule has 0 bridgehead atoms. The summed E-state index contributed by atoms with van der Waals surface area (Å²) in [7, 11) is 0. The Labute approximate surface area is 159 Å². The van der Waals surface area contributed by atoms with Crippen molar-refractivity contribution in [3.63, 3.8) is 0 Å². The van der Waals surface area contributed by atoms with E-state index in [1.54, 1.807) is 0 Å². The molecule has 4 aliphatic rings. The monoisotopic (exact) mass is 394 g/mol. The quantitative estimate of drug-likeness (QED) is 0.565. The maximum atomic E-state index is 3.40. The molecule has 2 fully saturated rings. The largest absolute Gasteiger partial charge is 4.00 e. The van der Waals surface area contributed by atoms with Gasteiger partial charge in [0.05, 0.1) is 0 Å². The number of hydrogen-bond donors (Lipinski definition) is 0. The molecule has 0 unspecified atom stereocenters. The molecule has 0 N–H and O–H groups in total. The van der Waals surface area contributed by atoms with Gasteiger partial charge in [0.15, 0.2) is 0 Å². The van der Waals surface area contributed by atoms with Crippen molar-refractivity contribution in [2.45, 2.75) is 64.2 Å². The van der Waals surface area contributed by atoms with Crippen LogP contribution in [0.25, 0.3) is 0 Å². The zero-order valence-electron chi connectivity index (χ0n) is 13.8. The van der Waals surface area contributed by atoms with Crippen LogP contribution < -0.4 is 9.41 Å². The van der Waals surface area contributed by atoms with Gasteiger partial charge in [0.25, 0.3) is 0 Å². The molecule has 3 heteroatoms. The minimum atomic E-state index is 0. The van der Waals surface area contributed by atoms with Crippen LogP contribution in [-0.2, 0) is 26.2 Å². The molecule has 23 heavy (non-hydrogen) atoms. The Balaban J connectivity index is 0.000000372. The summed E-state index contributed by atoms with van der Waals surface area (Å²) in [5.74, 6) is 1.75. The average Bonchev–Trinajstić information content (AvgIpc) is 3.29. The molecule has 4 rings (SSSR count). The number of hydrogen-bond acceptors (Lipinski definition) is 0. The Morgan fingerprint density at radius 3 is 1.26 bits per heavy atom. The average molecular weight is 396 g/mol. The first-order valence-corrected chi connectivity index (χ1v) is 8.48. The van der Waals surface area contributed by atoms with E-state index >= 15 is 0 Å². The van der Waals surface area contributed by atoms with Crippen LogP contribution in [0.2, 0.25) is 0 Å². The Bertz CT molecular complexity index is 395. The Kier molecular flexibility index (Phi) is 12.0. The Hall–Kier alpha value is -0.297. The number of halogens is 2. The summed E-state index contributed by atoms with van der Waals surface area (Å²) in [4.78, 5) is 0. The van der Waals surface area contributed by atoms with Crippen LogP contribution in [0.3, 0.4) is 0 Å².